The fourth-order valence-corrected chi connectivity index (χ4v) is 2.03. The molecule has 0 aliphatic rings. The fourth-order valence-electron chi connectivity index (χ4n) is 2.03. The summed E-state index contributed by atoms with van der Waals surface area (Å²) in [4.78, 5) is 4.16. The zero-order valence-corrected chi connectivity index (χ0v) is 10.8. The lowest BCUT2D eigenvalue weighted by molar-refractivity contribution is 0.517. The summed E-state index contributed by atoms with van der Waals surface area (Å²) in [5.74, 6) is 0.909. The SMILES string of the molecule is CCCNC(c1cnccc1N)c1ccoc1C. The van der Waals surface area contributed by atoms with E-state index in [1.807, 2.05) is 25.3 Å². The second kappa shape index (κ2) is 5.69. The van der Waals surface area contributed by atoms with Gasteiger partial charge in [-0.2, -0.15) is 0 Å². The number of aryl methyl sites for hydroxylation is 1. The number of nitrogens with one attached hydrogen (secondary N) is 1. The van der Waals surface area contributed by atoms with Crippen LogP contribution in [0.25, 0.3) is 0 Å². The van der Waals surface area contributed by atoms with E-state index in [4.69, 9.17) is 10.2 Å². The molecule has 0 fully saturated rings. The highest BCUT2D eigenvalue weighted by Gasteiger charge is 2.19. The molecule has 18 heavy (non-hydrogen) atoms. The van der Waals surface area contributed by atoms with Crippen molar-refractivity contribution in [2.45, 2.75) is 26.3 Å². The summed E-state index contributed by atoms with van der Waals surface area (Å²) in [6.45, 7) is 5.02. The summed E-state index contributed by atoms with van der Waals surface area (Å²) < 4.78 is 5.39. The van der Waals surface area contributed by atoms with Crippen molar-refractivity contribution in [1.29, 1.82) is 0 Å². The largest absolute Gasteiger partial charge is 0.469 e. The maximum absolute atomic E-state index is 6.04. The smallest absolute Gasteiger partial charge is 0.105 e. The Morgan fingerprint density at radius 1 is 1.39 bits per heavy atom. The highest BCUT2D eigenvalue weighted by atomic mass is 16.3. The molecule has 0 aliphatic heterocycles. The molecule has 0 bridgehead atoms. The van der Waals surface area contributed by atoms with Gasteiger partial charge in [0.05, 0.1) is 12.3 Å². The molecule has 0 spiro atoms. The average Bonchev–Trinajstić information content (AvgIpc) is 2.78. The highest BCUT2D eigenvalue weighted by Crippen LogP contribution is 2.28. The van der Waals surface area contributed by atoms with Crippen LogP contribution < -0.4 is 11.1 Å². The van der Waals surface area contributed by atoms with Crippen LogP contribution in [0.2, 0.25) is 0 Å². The van der Waals surface area contributed by atoms with Crippen LogP contribution in [0.3, 0.4) is 0 Å². The third kappa shape index (κ3) is 2.54. The number of pyridine rings is 1. The van der Waals surface area contributed by atoms with Gasteiger partial charge in [-0.3, -0.25) is 4.98 Å². The van der Waals surface area contributed by atoms with Gasteiger partial charge in [-0.25, -0.2) is 0 Å². The van der Waals surface area contributed by atoms with Gasteiger partial charge in [0.2, 0.25) is 0 Å². The predicted octanol–water partition coefficient (Wildman–Crippen LogP) is 2.65. The lowest BCUT2D eigenvalue weighted by Crippen LogP contribution is -2.24. The normalized spacial score (nSPS) is 12.6. The Balaban J connectivity index is 2.37. The van der Waals surface area contributed by atoms with E-state index >= 15 is 0 Å². The first kappa shape index (κ1) is 12.6. The average molecular weight is 245 g/mol. The van der Waals surface area contributed by atoms with Crippen LogP contribution >= 0.6 is 0 Å². The molecule has 1 unspecified atom stereocenters. The van der Waals surface area contributed by atoms with Crippen molar-refractivity contribution in [3.05, 3.63) is 47.7 Å². The van der Waals surface area contributed by atoms with Gasteiger partial charge in [-0.1, -0.05) is 6.92 Å². The molecule has 96 valence electrons. The monoisotopic (exact) mass is 245 g/mol. The van der Waals surface area contributed by atoms with Crippen molar-refractivity contribution in [3.8, 4) is 0 Å². The number of aromatic nitrogens is 1. The summed E-state index contributed by atoms with van der Waals surface area (Å²) in [6.07, 6.45) is 6.29. The first-order chi connectivity index (χ1) is 8.74. The lowest BCUT2D eigenvalue weighted by atomic mass is 9.99. The topological polar surface area (TPSA) is 64.1 Å². The Labute approximate surface area is 107 Å². The second-order valence-electron chi connectivity index (χ2n) is 4.32. The number of furan rings is 1. The number of anilines is 1. The molecule has 0 radical (unpaired) electrons. The minimum atomic E-state index is 0.0393. The molecule has 0 aliphatic carbocycles. The van der Waals surface area contributed by atoms with E-state index in [9.17, 15) is 0 Å². The van der Waals surface area contributed by atoms with E-state index in [0.29, 0.717) is 0 Å². The molecular formula is C14H19N3O. The van der Waals surface area contributed by atoms with E-state index in [-0.39, 0.29) is 6.04 Å². The molecule has 4 heteroatoms. The summed E-state index contributed by atoms with van der Waals surface area (Å²) in [5, 5.41) is 3.49. The zero-order chi connectivity index (χ0) is 13.0. The Hall–Kier alpha value is -1.81. The van der Waals surface area contributed by atoms with Gasteiger partial charge < -0.3 is 15.5 Å². The Morgan fingerprint density at radius 2 is 2.22 bits per heavy atom. The molecule has 2 heterocycles. The van der Waals surface area contributed by atoms with Crippen LogP contribution in [0.4, 0.5) is 5.69 Å². The van der Waals surface area contributed by atoms with Crippen LogP contribution in [0.5, 0.6) is 0 Å². The summed E-state index contributed by atoms with van der Waals surface area (Å²) in [5.41, 5.74) is 8.90. The lowest BCUT2D eigenvalue weighted by Gasteiger charge is -2.19. The number of nitrogen functional groups attached to an aromatic ring is 1. The minimum Gasteiger partial charge on any atom is -0.469 e. The van der Waals surface area contributed by atoms with Crippen LogP contribution in [0.1, 0.15) is 36.3 Å². The molecule has 2 aromatic rings. The Kier molecular flexibility index (Phi) is 3.99. The Bertz CT molecular complexity index is 507. The van der Waals surface area contributed by atoms with Crippen LogP contribution in [-0.4, -0.2) is 11.5 Å². The molecule has 1 atom stereocenters. The molecule has 2 rings (SSSR count). The summed E-state index contributed by atoms with van der Waals surface area (Å²) >= 11 is 0. The maximum atomic E-state index is 6.04. The van der Waals surface area contributed by atoms with Gasteiger partial charge in [0.1, 0.15) is 5.76 Å². The van der Waals surface area contributed by atoms with Crippen LogP contribution in [-0.2, 0) is 0 Å². The van der Waals surface area contributed by atoms with Gasteiger partial charge in [0.25, 0.3) is 0 Å². The van der Waals surface area contributed by atoms with Crippen molar-refractivity contribution >= 4 is 5.69 Å². The van der Waals surface area contributed by atoms with Gasteiger partial charge in [-0.15, -0.1) is 0 Å². The van der Waals surface area contributed by atoms with Gasteiger partial charge >= 0.3 is 0 Å². The number of hydrogen-bond acceptors (Lipinski definition) is 4. The molecule has 4 nitrogen and oxygen atoms in total. The Morgan fingerprint density at radius 3 is 2.83 bits per heavy atom. The summed E-state index contributed by atoms with van der Waals surface area (Å²) in [6, 6.07) is 3.85. The zero-order valence-electron chi connectivity index (χ0n) is 10.8. The van der Waals surface area contributed by atoms with E-state index in [1.54, 1.807) is 12.5 Å². The molecule has 3 N–H and O–H groups in total. The maximum Gasteiger partial charge on any atom is 0.105 e. The van der Waals surface area contributed by atoms with Gasteiger partial charge in [0, 0.05) is 29.2 Å². The van der Waals surface area contributed by atoms with Crippen molar-refractivity contribution < 1.29 is 4.42 Å². The second-order valence-corrected chi connectivity index (χ2v) is 4.32. The van der Waals surface area contributed by atoms with Crippen molar-refractivity contribution in [3.63, 3.8) is 0 Å². The number of nitrogens with zero attached hydrogens (tertiary/aromatic N) is 1. The fraction of sp³-hybridized carbons (Fsp3) is 0.357. The quantitative estimate of drug-likeness (QED) is 0.850. The van der Waals surface area contributed by atoms with Crippen molar-refractivity contribution in [2.24, 2.45) is 0 Å². The van der Waals surface area contributed by atoms with Crippen LogP contribution in [0, 0.1) is 6.92 Å². The molecular weight excluding hydrogens is 226 g/mol. The van der Waals surface area contributed by atoms with Crippen LogP contribution in [0.15, 0.2) is 35.2 Å². The van der Waals surface area contributed by atoms with Crippen molar-refractivity contribution in [1.82, 2.24) is 10.3 Å². The minimum absolute atomic E-state index is 0.0393. The van der Waals surface area contributed by atoms with E-state index in [0.717, 1.165) is 35.5 Å². The first-order valence-electron chi connectivity index (χ1n) is 6.20. The molecule has 2 aromatic heterocycles. The number of nitrogens with two attached hydrogens (primary N) is 1. The van der Waals surface area contributed by atoms with Gasteiger partial charge in [-0.05, 0) is 32.0 Å². The number of hydrogen-bond donors (Lipinski definition) is 2. The van der Waals surface area contributed by atoms with E-state index in [1.165, 1.54) is 0 Å². The van der Waals surface area contributed by atoms with E-state index in [2.05, 4.69) is 17.2 Å². The highest BCUT2D eigenvalue weighted by molar-refractivity contribution is 5.49. The molecule has 0 saturated heterocycles. The van der Waals surface area contributed by atoms with E-state index < -0.39 is 0 Å². The summed E-state index contributed by atoms with van der Waals surface area (Å²) in [7, 11) is 0. The van der Waals surface area contributed by atoms with Gasteiger partial charge in [0.15, 0.2) is 0 Å². The van der Waals surface area contributed by atoms with Crippen molar-refractivity contribution in [2.75, 3.05) is 12.3 Å². The first-order valence-corrected chi connectivity index (χ1v) is 6.20. The third-order valence-corrected chi connectivity index (χ3v) is 3.01. The number of rotatable bonds is 5. The molecule has 0 saturated carbocycles. The molecule has 0 aromatic carbocycles. The predicted molar refractivity (Wildman–Crippen MR) is 72.2 cm³/mol. The third-order valence-electron chi connectivity index (χ3n) is 3.01. The molecule has 0 amide bonds. The standard InChI is InChI=1S/C14H19N3O/c1-3-6-17-14(11-5-8-18-10(11)2)12-9-16-7-4-13(12)15/h4-5,7-9,14,17H,3,6H2,1-2H3,(H2,15,16).